The van der Waals surface area contributed by atoms with E-state index < -0.39 is 29.8 Å². The molecule has 1 amide bonds. The molecule has 3 N–H and O–H groups in total. The number of rotatable bonds is 9. The van der Waals surface area contributed by atoms with Gasteiger partial charge >= 0.3 is 7.60 Å². The monoisotopic (exact) mass is 668 g/mol. The molecular formula is C21H16BrCl2N2O6PS3. The highest BCUT2D eigenvalue weighted by atomic mass is 79.9. The van der Waals surface area contributed by atoms with Gasteiger partial charge < -0.3 is 14.7 Å². The van der Waals surface area contributed by atoms with Crippen LogP contribution in [0.3, 0.4) is 0 Å². The molecule has 190 valence electrons. The molecule has 2 aromatic heterocycles. The van der Waals surface area contributed by atoms with Crippen LogP contribution in [0.1, 0.15) is 15.2 Å². The summed E-state index contributed by atoms with van der Waals surface area (Å²) in [5, 5.41) is 5.77. The highest BCUT2D eigenvalue weighted by molar-refractivity contribution is 9.10. The third-order valence-electron chi connectivity index (χ3n) is 4.71. The van der Waals surface area contributed by atoms with Crippen LogP contribution in [0.2, 0.25) is 10.0 Å². The number of amides is 1. The fourth-order valence-electron chi connectivity index (χ4n) is 3.01. The zero-order valence-electron chi connectivity index (χ0n) is 17.9. The van der Waals surface area contributed by atoms with Gasteiger partial charge in [-0.25, -0.2) is 13.0 Å². The summed E-state index contributed by atoms with van der Waals surface area (Å²) >= 11 is 17.9. The van der Waals surface area contributed by atoms with Crippen LogP contribution < -0.4 is 14.6 Å². The van der Waals surface area contributed by atoms with E-state index >= 15 is 0 Å². The van der Waals surface area contributed by atoms with Crippen molar-refractivity contribution in [3.05, 3.63) is 78.9 Å². The van der Waals surface area contributed by atoms with E-state index in [1.807, 2.05) is 17.5 Å². The highest BCUT2D eigenvalue weighted by Gasteiger charge is 2.27. The number of hydrogen-bond acceptors (Lipinski definition) is 7. The van der Waals surface area contributed by atoms with Gasteiger partial charge in [-0.05, 0) is 63.8 Å². The maximum absolute atomic E-state index is 12.7. The van der Waals surface area contributed by atoms with Crippen molar-refractivity contribution in [1.82, 2.24) is 10.0 Å². The van der Waals surface area contributed by atoms with E-state index in [1.165, 1.54) is 35.6 Å². The Hall–Kier alpha value is -1.47. The van der Waals surface area contributed by atoms with Gasteiger partial charge in [0.1, 0.15) is 16.2 Å². The lowest BCUT2D eigenvalue weighted by molar-refractivity contribution is 0.0950. The van der Waals surface area contributed by atoms with Gasteiger partial charge in [0.2, 0.25) is 0 Å². The first-order valence-electron chi connectivity index (χ1n) is 9.94. The topological polar surface area (TPSA) is 122 Å². The minimum absolute atomic E-state index is 0.0788. The Morgan fingerprint density at radius 1 is 1.14 bits per heavy atom. The number of halogens is 3. The normalized spacial score (nSPS) is 13.4. The van der Waals surface area contributed by atoms with Crippen LogP contribution in [0.4, 0.5) is 0 Å². The second kappa shape index (κ2) is 11.1. The number of carbonyl (C=O) groups excluding carboxylic acids is 1. The van der Waals surface area contributed by atoms with Crippen LogP contribution in [0.15, 0.2) is 62.6 Å². The summed E-state index contributed by atoms with van der Waals surface area (Å²) in [6.45, 7) is 0.322. The van der Waals surface area contributed by atoms with Crippen LogP contribution in [0, 0.1) is 0 Å². The summed E-state index contributed by atoms with van der Waals surface area (Å²) in [4.78, 5) is 23.8. The van der Waals surface area contributed by atoms with Gasteiger partial charge in [-0.1, -0.05) is 29.3 Å². The lowest BCUT2D eigenvalue weighted by Crippen LogP contribution is -2.25. The second-order valence-electron chi connectivity index (χ2n) is 7.28. The Balaban J connectivity index is 1.45. The average Bonchev–Trinajstić information content (AvgIpc) is 3.51. The molecule has 0 fully saturated rings. The maximum atomic E-state index is 12.7. The van der Waals surface area contributed by atoms with Gasteiger partial charge in [0.05, 0.1) is 21.8 Å². The number of nitrogens with one attached hydrogen (secondary N) is 2. The lowest BCUT2D eigenvalue weighted by atomic mass is 10.2. The number of sulfonamides is 1. The Bertz CT molecular complexity index is 1560. The molecule has 0 radical (unpaired) electrons. The van der Waals surface area contributed by atoms with Crippen LogP contribution in [0.5, 0.6) is 5.75 Å². The van der Waals surface area contributed by atoms with Gasteiger partial charge in [0, 0.05) is 19.8 Å². The van der Waals surface area contributed by atoms with Crippen molar-refractivity contribution in [3.63, 3.8) is 0 Å². The van der Waals surface area contributed by atoms with Crippen molar-refractivity contribution >= 4 is 95.4 Å². The van der Waals surface area contributed by atoms with Crippen molar-refractivity contribution < 1.29 is 27.2 Å². The van der Waals surface area contributed by atoms with Crippen LogP contribution in [-0.2, 0) is 21.1 Å². The number of benzene rings is 2. The predicted octanol–water partition coefficient (Wildman–Crippen LogP) is 6.46. The summed E-state index contributed by atoms with van der Waals surface area (Å²) in [5.41, 5.74) is 0.184. The number of carbonyl (C=O) groups is 1. The maximum Gasteiger partial charge on any atom is 0.391 e. The Morgan fingerprint density at radius 3 is 2.58 bits per heavy atom. The number of fused-ring (bicyclic) bond motifs is 1. The first-order chi connectivity index (χ1) is 16.9. The first-order valence-corrected chi connectivity index (χ1v) is 16.4. The number of hydrogen-bond donors (Lipinski definition) is 3. The van der Waals surface area contributed by atoms with E-state index in [1.54, 1.807) is 12.1 Å². The SMILES string of the molecule is O=C(NCc1cccs1)c1cc(OP(=O)(O)CNS(=O)(=O)c2cc3c(Cl)ccc(Cl)c3s2)ccc1Br. The van der Waals surface area contributed by atoms with Crippen LogP contribution in [-0.4, -0.2) is 25.5 Å². The van der Waals surface area contributed by atoms with Crippen molar-refractivity contribution in [1.29, 1.82) is 0 Å². The average molecular weight is 670 g/mol. The van der Waals surface area contributed by atoms with Crippen molar-refractivity contribution in [2.75, 3.05) is 6.29 Å². The van der Waals surface area contributed by atoms with E-state index in [9.17, 15) is 22.7 Å². The zero-order valence-corrected chi connectivity index (χ0v) is 24.3. The molecule has 0 aliphatic heterocycles. The van der Waals surface area contributed by atoms with E-state index in [-0.39, 0.29) is 15.5 Å². The molecule has 0 spiro atoms. The van der Waals surface area contributed by atoms with Gasteiger partial charge in [-0.3, -0.25) is 4.79 Å². The zero-order chi connectivity index (χ0) is 26.1. The molecule has 8 nitrogen and oxygen atoms in total. The van der Waals surface area contributed by atoms with E-state index in [0.29, 0.717) is 31.1 Å². The van der Waals surface area contributed by atoms with E-state index in [2.05, 4.69) is 26.0 Å². The van der Waals surface area contributed by atoms with Crippen molar-refractivity contribution in [2.45, 2.75) is 10.8 Å². The minimum Gasteiger partial charge on any atom is -0.424 e. The molecule has 4 rings (SSSR count). The molecule has 0 saturated heterocycles. The molecule has 4 aromatic rings. The van der Waals surface area contributed by atoms with Crippen LogP contribution in [0.25, 0.3) is 10.1 Å². The first kappa shape index (κ1) is 27.6. The van der Waals surface area contributed by atoms with Gasteiger partial charge in [-0.15, -0.1) is 22.7 Å². The Kier molecular flexibility index (Phi) is 8.50. The second-order valence-corrected chi connectivity index (χ2v) is 14.8. The van der Waals surface area contributed by atoms with Gasteiger partial charge in [0.25, 0.3) is 15.9 Å². The molecule has 0 bridgehead atoms. The summed E-state index contributed by atoms with van der Waals surface area (Å²) in [7, 11) is -8.66. The van der Waals surface area contributed by atoms with Crippen molar-refractivity contribution in [3.8, 4) is 5.75 Å². The van der Waals surface area contributed by atoms with Gasteiger partial charge in [-0.2, -0.15) is 4.72 Å². The highest BCUT2D eigenvalue weighted by Crippen LogP contribution is 2.43. The minimum atomic E-state index is -4.49. The van der Waals surface area contributed by atoms with Crippen molar-refractivity contribution in [2.24, 2.45) is 0 Å². The molecule has 1 unspecified atom stereocenters. The molecular weight excluding hydrogens is 654 g/mol. The Labute approximate surface area is 232 Å². The molecule has 2 aromatic carbocycles. The standard InChI is InChI=1S/C21H16BrCl2N2O6PS3/c22-16-4-3-12(8-14(16)21(27)25-10-13-2-1-7-34-13)32-33(28,29)11-26-36(30,31)19-9-15-17(23)5-6-18(24)20(15)35-19/h1-9,26H,10-11H2,(H,25,27)(H,28,29). The third kappa shape index (κ3) is 6.50. The predicted molar refractivity (Wildman–Crippen MR) is 147 cm³/mol. The quantitative estimate of drug-likeness (QED) is 0.176. The summed E-state index contributed by atoms with van der Waals surface area (Å²) in [5.74, 6) is -0.499. The fraction of sp³-hybridized carbons (Fsp3) is 0.0952. The van der Waals surface area contributed by atoms with Gasteiger partial charge in [0.15, 0.2) is 0 Å². The summed E-state index contributed by atoms with van der Waals surface area (Å²) < 4.78 is 46.2. The largest absolute Gasteiger partial charge is 0.424 e. The fourth-order valence-corrected chi connectivity index (χ4v) is 8.58. The molecule has 36 heavy (non-hydrogen) atoms. The molecule has 0 aliphatic rings. The summed E-state index contributed by atoms with van der Waals surface area (Å²) in [6.07, 6.45) is -0.902. The van der Waals surface area contributed by atoms with E-state index in [0.717, 1.165) is 16.2 Å². The molecule has 0 saturated carbocycles. The van der Waals surface area contributed by atoms with E-state index in [4.69, 9.17) is 27.7 Å². The summed E-state index contributed by atoms with van der Waals surface area (Å²) in [6, 6.07) is 12.4. The molecule has 15 heteroatoms. The van der Waals surface area contributed by atoms with Crippen LogP contribution >= 0.6 is 69.4 Å². The number of thiophene rings is 2. The Morgan fingerprint density at radius 2 is 1.89 bits per heavy atom. The molecule has 1 atom stereocenters. The third-order valence-corrected chi connectivity index (χ3v) is 11.3. The molecule has 2 heterocycles. The lowest BCUT2D eigenvalue weighted by Gasteiger charge is -2.15. The molecule has 0 aliphatic carbocycles. The smallest absolute Gasteiger partial charge is 0.391 e.